The predicted molar refractivity (Wildman–Crippen MR) is 97.1 cm³/mol. The minimum absolute atomic E-state index is 0.00546. The summed E-state index contributed by atoms with van der Waals surface area (Å²) in [5.41, 5.74) is 1.89. The topological polar surface area (TPSA) is 43.2 Å². The molecule has 4 heterocycles. The first-order valence-electron chi connectivity index (χ1n) is 7.92. The van der Waals surface area contributed by atoms with Gasteiger partial charge in [0.1, 0.15) is 11.4 Å². The SMILES string of the molecule is O=C1C=C(N2CC2)C(=O)C(N2CC2)=C1N1CC1.[SbH2][S]C1CSC1. The van der Waals surface area contributed by atoms with Crippen molar-refractivity contribution in [2.45, 2.75) is 5.25 Å². The van der Waals surface area contributed by atoms with Crippen LogP contribution in [0.15, 0.2) is 23.2 Å². The third-order valence-electron chi connectivity index (χ3n) is 4.29. The quantitative estimate of drug-likeness (QED) is 0.321. The van der Waals surface area contributed by atoms with Crippen LogP contribution in [0.1, 0.15) is 0 Å². The van der Waals surface area contributed by atoms with Gasteiger partial charge in [0.25, 0.3) is 0 Å². The molecule has 124 valence electrons. The second kappa shape index (κ2) is 6.56. The van der Waals surface area contributed by atoms with Crippen molar-refractivity contribution in [2.75, 3.05) is 50.8 Å². The molecule has 0 unspecified atom stereocenters. The van der Waals surface area contributed by atoms with Gasteiger partial charge in [-0.1, -0.05) is 0 Å². The number of rotatable bonds is 4. The van der Waals surface area contributed by atoms with Crippen LogP contribution in [0, 0.1) is 0 Å². The first-order valence-corrected chi connectivity index (χ1v) is 14.1. The molecule has 0 saturated carbocycles. The molecule has 4 fully saturated rings. The number of nitrogens with zero attached hydrogens (tertiary/aromatic N) is 3. The molecular weight excluding hydrogens is 440 g/mol. The second-order valence-corrected chi connectivity index (χ2v) is 10.5. The van der Waals surface area contributed by atoms with E-state index in [4.69, 9.17) is 0 Å². The van der Waals surface area contributed by atoms with Crippen molar-refractivity contribution in [2.24, 2.45) is 0 Å². The molecule has 0 aromatic heterocycles. The Bertz CT molecular complexity index is 603. The first kappa shape index (κ1) is 16.2. The van der Waals surface area contributed by atoms with Crippen LogP contribution in [0.25, 0.3) is 0 Å². The van der Waals surface area contributed by atoms with Crippen LogP contribution in [0.4, 0.5) is 0 Å². The van der Waals surface area contributed by atoms with Crippen LogP contribution < -0.4 is 0 Å². The van der Waals surface area contributed by atoms with E-state index in [0.29, 0.717) is 17.1 Å². The molecule has 0 bridgehead atoms. The van der Waals surface area contributed by atoms with Gasteiger partial charge < -0.3 is 14.7 Å². The Hall–Kier alpha value is -0.262. The van der Waals surface area contributed by atoms with Gasteiger partial charge in [0.05, 0.1) is 5.70 Å². The van der Waals surface area contributed by atoms with Gasteiger partial charge in [0, 0.05) is 45.3 Å². The van der Waals surface area contributed by atoms with Crippen LogP contribution in [0.3, 0.4) is 0 Å². The molecule has 0 N–H and O–H groups in total. The van der Waals surface area contributed by atoms with Crippen LogP contribution in [-0.4, -0.2) is 104 Å². The number of hydrogen-bond donors (Lipinski definition) is 0. The van der Waals surface area contributed by atoms with E-state index >= 15 is 0 Å². The molecule has 4 saturated heterocycles. The average molecular weight is 460 g/mol. The van der Waals surface area contributed by atoms with Gasteiger partial charge in [-0.05, 0) is 0 Å². The van der Waals surface area contributed by atoms with Crippen molar-refractivity contribution in [3.8, 4) is 0 Å². The molecule has 0 aromatic rings. The summed E-state index contributed by atoms with van der Waals surface area (Å²) in [6.07, 6.45) is 1.52. The van der Waals surface area contributed by atoms with Gasteiger partial charge >= 0.3 is 59.0 Å². The Labute approximate surface area is 156 Å². The monoisotopic (exact) mass is 459 g/mol. The van der Waals surface area contributed by atoms with Crippen molar-refractivity contribution >= 4 is 53.8 Å². The molecule has 23 heavy (non-hydrogen) atoms. The van der Waals surface area contributed by atoms with E-state index in [-0.39, 0.29) is 11.6 Å². The van der Waals surface area contributed by atoms with Crippen molar-refractivity contribution in [1.29, 1.82) is 0 Å². The molecular formula is C15H20N3O2S2Sb. The van der Waals surface area contributed by atoms with Gasteiger partial charge in [-0.3, -0.25) is 9.59 Å². The normalized spacial score (nSPS) is 25.8. The summed E-state index contributed by atoms with van der Waals surface area (Å²) in [7, 11) is 2.12. The maximum atomic E-state index is 12.4. The summed E-state index contributed by atoms with van der Waals surface area (Å²) in [5, 5.41) is 1.05. The molecule has 4 aliphatic heterocycles. The van der Waals surface area contributed by atoms with Crippen LogP contribution in [0.5, 0.6) is 0 Å². The minimum atomic E-state index is 0.00546. The van der Waals surface area contributed by atoms with Crippen LogP contribution in [0.2, 0.25) is 0 Å². The zero-order valence-corrected chi connectivity index (χ0v) is 17.8. The number of carbonyl (C=O) groups excluding carboxylic acids is 2. The number of ketones is 2. The summed E-state index contributed by atoms with van der Waals surface area (Å²) in [5.74, 6) is 2.89. The predicted octanol–water partition coefficient (Wildman–Crippen LogP) is -0.436. The van der Waals surface area contributed by atoms with Gasteiger partial charge in [-0.25, -0.2) is 0 Å². The molecule has 0 aromatic carbocycles. The number of thioether (sulfide) groups is 1. The molecule has 5 nitrogen and oxygen atoms in total. The van der Waals surface area contributed by atoms with E-state index < -0.39 is 0 Å². The van der Waals surface area contributed by atoms with E-state index in [1.54, 1.807) is 0 Å². The van der Waals surface area contributed by atoms with E-state index in [2.05, 4.69) is 20.6 Å². The van der Waals surface area contributed by atoms with Gasteiger partial charge in [-0.2, -0.15) is 0 Å². The summed E-state index contributed by atoms with van der Waals surface area (Å²) in [6.45, 7) is 5.41. The summed E-state index contributed by atoms with van der Waals surface area (Å²) in [6, 6.07) is 0. The fourth-order valence-corrected chi connectivity index (χ4v) is 8.24. The Morgan fingerprint density at radius 3 is 1.91 bits per heavy atom. The van der Waals surface area contributed by atoms with Crippen molar-refractivity contribution in [3.63, 3.8) is 0 Å². The standard InChI is InChI=1S/C12H13N3O2.C3H6S2.Sb.2H/c16-9-7-8(13-1-2-13)12(17)11(15-5-6-15)10(9)14-3-4-14;4-3-1-5-2-3;;;/h7H,1-6H2;3-4H,1-2H2;;;/q;;+1;;/p-1. The fourth-order valence-electron chi connectivity index (χ4n) is 2.57. The van der Waals surface area contributed by atoms with Gasteiger partial charge in [-0.15, -0.1) is 0 Å². The first-order chi connectivity index (χ1) is 11.2. The Morgan fingerprint density at radius 1 is 0.957 bits per heavy atom. The van der Waals surface area contributed by atoms with Crippen LogP contribution in [-0.2, 0) is 9.59 Å². The van der Waals surface area contributed by atoms with E-state index in [0.717, 1.165) is 44.5 Å². The van der Waals surface area contributed by atoms with Crippen LogP contribution >= 0.6 is 20.6 Å². The van der Waals surface area contributed by atoms with E-state index in [1.165, 1.54) is 39.2 Å². The van der Waals surface area contributed by atoms with E-state index in [1.807, 2.05) is 14.7 Å². The Kier molecular flexibility index (Phi) is 4.63. The number of allylic oxidation sites excluding steroid dienone is 1. The molecule has 0 spiro atoms. The average Bonchev–Trinajstić information content (AvgIpc) is 3.36. The summed E-state index contributed by atoms with van der Waals surface area (Å²) < 4.78 is 0. The third-order valence-corrected chi connectivity index (χ3v) is 10.00. The molecule has 5 rings (SSSR count). The molecule has 0 radical (unpaired) electrons. The molecule has 1 aliphatic carbocycles. The maximum absolute atomic E-state index is 12.4. The third kappa shape index (κ3) is 3.57. The Balaban J connectivity index is 0.000000192. The van der Waals surface area contributed by atoms with Crippen molar-refractivity contribution < 1.29 is 9.59 Å². The summed E-state index contributed by atoms with van der Waals surface area (Å²) >= 11 is 3.46. The molecule has 8 heteroatoms. The van der Waals surface area contributed by atoms with Gasteiger partial charge in [0.15, 0.2) is 0 Å². The fraction of sp³-hybridized carbons (Fsp3) is 0.600. The molecule has 0 amide bonds. The van der Waals surface area contributed by atoms with Crippen molar-refractivity contribution in [1.82, 2.24) is 14.7 Å². The molecule has 5 aliphatic rings. The molecule has 0 atom stereocenters. The Morgan fingerprint density at radius 2 is 1.52 bits per heavy atom. The number of hydrogen-bond acceptors (Lipinski definition) is 7. The number of Topliss-reactive ketones (excluding diaryl/α,β-unsaturated/α-hetero) is 1. The van der Waals surface area contributed by atoms with E-state index in [9.17, 15) is 9.59 Å². The zero-order valence-electron chi connectivity index (χ0n) is 12.9. The van der Waals surface area contributed by atoms with Gasteiger partial charge in [0.2, 0.25) is 11.6 Å². The zero-order chi connectivity index (χ0) is 16.0. The summed E-state index contributed by atoms with van der Waals surface area (Å²) in [4.78, 5) is 30.5. The second-order valence-electron chi connectivity index (χ2n) is 6.18. The van der Waals surface area contributed by atoms with Crippen molar-refractivity contribution in [3.05, 3.63) is 23.2 Å². The number of carbonyl (C=O) groups is 2.